The third-order valence-electron chi connectivity index (χ3n) is 4.65. The van der Waals surface area contributed by atoms with E-state index in [1.807, 2.05) is 0 Å². The molecular weight excluding hydrogens is 235 g/mol. The van der Waals surface area contributed by atoms with Crippen LogP contribution in [0.5, 0.6) is 0 Å². The van der Waals surface area contributed by atoms with E-state index in [1.165, 1.54) is 57.8 Å². The van der Waals surface area contributed by atoms with Crippen molar-refractivity contribution in [3.05, 3.63) is 0 Å². The quantitative estimate of drug-likeness (QED) is 0.272. The van der Waals surface area contributed by atoms with Crippen LogP contribution in [0.25, 0.3) is 0 Å². The minimum absolute atomic E-state index is 0.867. The van der Waals surface area contributed by atoms with Gasteiger partial charge in [-0.2, -0.15) is 0 Å². The van der Waals surface area contributed by atoms with Gasteiger partial charge in [0.05, 0.1) is 0 Å². The van der Waals surface area contributed by atoms with Crippen molar-refractivity contribution in [1.82, 2.24) is 0 Å². The second kappa shape index (κ2) is 12.5. The molecule has 0 unspecified atom stereocenters. The monoisotopic (exact) mass is 274 g/mol. The van der Waals surface area contributed by atoms with E-state index in [0.29, 0.717) is 0 Å². The van der Waals surface area contributed by atoms with Gasteiger partial charge in [-0.3, -0.25) is 0 Å². The molecule has 18 heavy (non-hydrogen) atoms. The molecule has 0 N–H and O–H groups in total. The fourth-order valence-electron chi connectivity index (χ4n) is 3.29. The van der Waals surface area contributed by atoms with Crippen LogP contribution in [0.1, 0.15) is 85.5 Å². The first-order valence-corrected chi connectivity index (χ1v) is 11.6. The molecule has 0 aliphatic heterocycles. The summed E-state index contributed by atoms with van der Waals surface area (Å²) in [4.78, 5) is 0. The van der Waals surface area contributed by atoms with Gasteiger partial charge in [0.15, 0.2) is 0 Å². The molecule has 0 aliphatic carbocycles. The van der Waals surface area contributed by atoms with Gasteiger partial charge in [-0.05, 0) is 0 Å². The maximum absolute atomic E-state index is 2.49. The van der Waals surface area contributed by atoms with Gasteiger partial charge in [0.25, 0.3) is 0 Å². The van der Waals surface area contributed by atoms with Crippen LogP contribution >= 0.6 is 7.26 Å². The molecule has 0 nitrogen and oxygen atoms in total. The summed E-state index contributed by atoms with van der Waals surface area (Å²) in [5, 5.41) is 0. The summed E-state index contributed by atoms with van der Waals surface area (Å²) in [7, 11) is -0.867. The predicted molar refractivity (Wildman–Crippen MR) is 92.0 cm³/mol. The number of unbranched alkanes of at least 4 members (excludes halogenated alkanes) is 6. The molecule has 0 aromatic heterocycles. The number of hydrogen-bond acceptors (Lipinski definition) is 0. The third-order valence-corrected chi connectivity index (χ3v) is 10.5. The molecule has 112 valence electrons. The molecule has 0 aromatic carbocycles. The molecule has 0 radical (unpaired) electrons. The van der Waals surface area contributed by atoms with E-state index in [9.17, 15) is 0 Å². The summed E-state index contributed by atoms with van der Waals surface area (Å²) >= 11 is 0. The van der Waals surface area contributed by atoms with Crippen molar-refractivity contribution < 1.29 is 0 Å². The van der Waals surface area contributed by atoms with Gasteiger partial charge in [0, 0.05) is 0 Å². The molecule has 0 rings (SSSR count). The SMILES string of the molecule is CCCCCCC[PH](CC)(CCC)CCCCC. The Hall–Kier alpha value is 0.430. The summed E-state index contributed by atoms with van der Waals surface area (Å²) in [5.41, 5.74) is 0. The van der Waals surface area contributed by atoms with E-state index in [1.54, 1.807) is 24.6 Å². The first-order chi connectivity index (χ1) is 8.74. The molecule has 0 saturated carbocycles. The van der Waals surface area contributed by atoms with Gasteiger partial charge in [-0.1, -0.05) is 0 Å². The van der Waals surface area contributed by atoms with E-state index >= 15 is 0 Å². The van der Waals surface area contributed by atoms with Crippen LogP contribution in [0, 0.1) is 0 Å². The average molecular weight is 274 g/mol. The van der Waals surface area contributed by atoms with Crippen molar-refractivity contribution in [2.75, 3.05) is 24.6 Å². The molecule has 0 bridgehead atoms. The van der Waals surface area contributed by atoms with Crippen molar-refractivity contribution in [2.24, 2.45) is 0 Å². The van der Waals surface area contributed by atoms with Crippen LogP contribution in [0.2, 0.25) is 0 Å². The Morgan fingerprint density at radius 1 is 0.500 bits per heavy atom. The predicted octanol–water partition coefficient (Wildman–Crippen LogP) is 6.33. The van der Waals surface area contributed by atoms with Gasteiger partial charge < -0.3 is 0 Å². The van der Waals surface area contributed by atoms with Crippen LogP contribution in [-0.4, -0.2) is 24.6 Å². The van der Waals surface area contributed by atoms with E-state index in [2.05, 4.69) is 27.7 Å². The van der Waals surface area contributed by atoms with Gasteiger partial charge >= 0.3 is 117 Å². The minimum atomic E-state index is -0.867. The van der Waals surface area contributed by atoms with Gasteiger partial charge in [0.2, 0.25) is 0 Å². The Bertz CT molecular complexity index is 167. The molecule has 0 amide bonds. The molecule has 0 fully saturated rings. The standard InChI is InChI=1S/C17H39P/c1-5-9-11-12-14-17-18(8-4,15-7-3)16-13-10-6-2/h18H,5-17H2,1-4H3. The van der Waals surface area contributed by atoms with Crippen LogP contribution in [0.15, 0.2) is 0 Å². The number of rotatable bonds is 13. The van der Waals surface area contributed by atoms with E-state index in [4.69, 9.17) is 0 Å². The van der Waals surface area contributed by atoms with Crippen LogP contribution in [0.4, 0.5) is 0 Å². The molecular formula is C17H39P. The Balaban J connectivity index is 4.01. The Morgan fingerprint density at radius 2 is 1.00 bits per heavy atom. The van der Waals surface area contributed by atoms with E-state index in [-0.39, 0.29) is 0 Å². The summed E-state index contributed by atoms with van der Waals surface area (Å²) in [6.45, 7) is 9.53. The average Bonchev–Trinajstić information content (AvgIpc) is 2.38. The third kappa shape index (κ3) is 8.52. The second-order valence-corrected chi connectivity index (χ2v) is 11.4. The van der Waals surface area contributed by atoms with Crippen LogP contribution in [-0.2, 0) is 0 Å². The Labute approximate surface area is 118 Å². The fraction of sp³-hybridized carbons (Fsp3) is 1.00. The van der Waals surface area contributed by atoms with Crippen LogP contribution < -0.4 is 0 Å². The first kappa shape index (κ1) is 18.4. The zero-order valence-corrected chi connectivity index (χ0v) is 14.7. The second-order valence-electron chi connectivity index (χ2n) is 6.22. The van der Waals surface area contributed by atoms with Crippen molar-refractivity contribution >= 4 is 7.26 Å². The van der Waals surface area contributed by atoms with Crippen molar-refractivity contribution in [3.8, 4) is 0 Å². The summed E-state index contributed by atoms with van der Waals surface area (Å²) in [5.74, 6) is 0. The summed E-state index contributed by atoms with van der Waals surface area (Å²) in [6, 6.07) is 0. The maximum atomic E-state index is 2.49. The topological polar surface area (TPSA) is 0 Å². The van der Waals surface area contributed by atoms with E-state index in [0.717, 1.165) is 0 Å². The molecule has 0 saturated heterocycles. The molecule has 0 spiro atoms. The Kier molecular flexibility index (Phi) is 12.8. The normalized spacial score (nSPS) is 12.9. The Morgan fingerprint density at radius 3 is 1.50 bits per heavy atom. The summed E-state index contributed by atoms with van der Waals surface area (Å²) in [6.07, 6.45) is 19.5. The fourth-order valence-corrected chi connectivity index (χ4v) is 8.16. The molecule has 1 heteroatoms. The molecule has 0 aliphatic rings. The molecule has 0 aromatic rings. The molecule has 0 atom stereocenters. The number of hydrogen-bond donors (Lipinski definition) is 0. The molecule has 0 heterocycles. The van der Waals surface area contributed by atoms with Gasteiger partial charge in [0.1, 0.15) is 0 Å². The van der Waals surface area contributed by atoms with Crippen LogP contribution in [0.3, 0.4) is 0 Å². The van der Waals surface area contributed by atoms with Gasteiger partial charge in [-0.15, -0.1) is 0 Å². The van der Waals surface area contributed by atoms with Crippen molar-refractivity contribution in [3.63, 3.8) is 0 Å². The van der Waals surface area contributed by atoms with Crippen molar-refractivity contribution in [1.29, 1.82) is 0 Å². The first-order valence-electron chi connectivity index (χ1n) is 8.74. The van der Waals surface area contributed by atoms with Crippen molar-refractivity contribution in [2.45, 2.75) is 85.5 Å². The zero-order chi connectivity index (χ0) is 13.7. The summed E-state index contributed by atoms with van der Waals surface area (Å²) < 4.78 is 0. The van der Waals surface area contributed by atoms with Gasteiger partial charge in [-0.25, -0.2) is 0 Å². The zero-order valence-electron chi connectivity index (χ0n) is 13.7. The van der Waals surface area contributed by atoms with E-state index < -0.39 is 7.26 Å².